The highest BCUT2D eigenvalue weighted by atomic mass is 19.4. The van der Waals surface area contributed by atoms with Crippen molar-refractivity contribution >= 4 is 17.6 Å². The van der Waals surface area contributed by atoms with Gasteiger partial charge in [-0.1, -0.05) is 6.07 Å². The molecule has 0 aromatic heterocycles. The van der Waals surface area contributed by atoms with Crippen LogP contribution in [0.2, 0.25) is 0 Å². The second-order valence-corrected chi connectivity index (χ2v) is 5.50. The zero-order chi connectivity index (χ0) is 18.6. The van der Waals surface area contributed by atoms with Crippen LogP contribution in [0.15, 0.2) is 42.5 Å². The van der Waals surface area contributed by atoms with Crippen molar-refractivity contribution < 1.29 is 27.5 Å². The van der Waals surface area contributed by atoms with Crippen LogP contribution in [0.3, 0.4) is 0 Å². The lowest BCUT2D eigenvalue weighted by atomic mass is 10.1. The summed E-state index contributed by atoms with van der Waals surface area (Å²) in [5.74, 6) is -1.29. The van der Waals surface area contributed by atoms with Gasteiger partial charge in [-0.3, -0.25) is 4.79 Å². The standard InChI is InChI=1S/C18H16F3NO3/c1-11-3-4-13(9-12(11)2)17(24)25-10-16(23)22-15-7-5-14(6-8-15)18(19,20)21/h3-9H,10H2,1-2H3,(H,22,23). The van der Waals surface area contributed by atoms with Crippen LogP contribution in [0.1, 0.15) is 27.0 Å². The molecule has 0 aliphatic rings. The third-order valence-electron chi connectivity index (χ3n) is 3.57. The molecule has 0 fully saturated rings. The van der Waals surface area contributed by atoms with E-state index in [0.717, 1.165) is 35.4 Å². The van der Waals surface area contributed by atoms with E-state index in [1.54, 1.807) is 18.2 Å². The molecule has 0 saturated heterocycles. The van der Waals surface area contributed by atoms with E-state index in [0.29, 0.717) is 5.56 Å². The number of anilines is 1. The fourth-order valence-electron chi connectivity index (χ4n) is 2.02. The van der Waals surface area contributed by atoms with Gasteiger partial charge in [0.2, 0.25) is 0 Å². The van der Waals surface area contributed by atoms with Gasteiger partial charge in [0.05, 0.1) is 11.1 Å². The van der Waals surface area contributed by atoms with Crippen molar-refractivity contribution in [2.45, 2.75) is 20.0 Å². The first-order valence-corrected chi connectivity index (χ1v) is 7.38. The summed E-state index contributed by atoms with van der Waals surface area (Å²) >= 11 is 0. The number of nitrogens with one attached hydrogen (secondary N) is 1. The molecule has 0 saturated carbocycles. The predicted molar refractivity (Wildman–Crippen MR) is 86.3 cm³/mol. The molecule has 1 amide bonds. The highest BCUT2D eigenvalue weighted by molar-refractivity contribution is 5.95. The van der Waals surface area contributed by atoms with Crippen molar-refractivity contribution in [1.82, 2.24) is 0 Å². The van der Waals surface area contributed by atoms with Gasteiger partial charge in [0.15, 0.2) is 6.61 Å². The van der Waals surface area contributed by atoms with Gasteiger partial charge in [-0.25, -0.2) is 4.79 Å². The zero-order valence-corrected chi connectivity index (χ0v) is 13.6. The number of hydrogen-bond acceptors (Lipinski definition) is 3. The molecule has 0 heterocycles. The number of amides is 1. The molecule has 1 N–H and O–H groups in total. The Hall–Kier alpha value is -2.83. The maximum atomic E-state index is 12.5. The average molecular weight is 351 g/mol. The molecule has 2 aromatic carbocycles. The number of alkyl halides is 3. The molecule has 0 unspecified atom stereocenters. The van der Waals surface area contributed by atoms with Gasteiger partial charge in [0.25, 0.3) is 5.91 Å². The van der Waals surface area contributed by atoms with E-state index in [-0.39, 0.29) is 5.69 Å². The summed E-state index contributed by atoms with van der Waals surface area (Å²) in [4.78, 5) is 23.6. The van der Waals surface area contributed by atoms with E-state index in [4.69, 9.17) is 4.74 Å². The molecular weight excluding hydrogens is 335 g/mol. The fourth-order valence-corrected chi connectivity index (χ4v) is 2.02. The van der Waals surface area contributed by atoms with Crippen LogP contribution < -0.4 is 5.32 Å². The van der Waals surface area contributed by atoms with Gasteiger partial charge in [-0.15, -0.1) is 0 Å². The number of aryl methyl sites for hydroxylation is 2. The first-order chi connectivity index (χ1) is 11.7. The lowest BCUT2D eigenvalue weighted by molar-refractivity contribution is -0.137. The van der Waals surface area contributed by atoms with Crippen LogP contribution in [-0.4, -0.2) is 18.5 Å². The number of hydrogen-bond donors (Lipinski definition) is 1. The largest absolute Gasteiger partial charge is 0.452 e. The van der Waals surface area contributed by atoms with Gasteiger partial charge in [0.1, 0.15) is 0 Å². The second-order valence-electron chi connectivity index (χ2n) is 5.50. The highest BCUT2D eigenvalue weighted by Crippen LogP contribution is 2.29. The van der Waals surface area contributed by atoms with Crippen LogP contribution in [0.25, 0.3) is 0 Å². The van der Waals surface area contributed by atoms with Gasteiger partial charge >= 0.3 is 12.1 Å². The Kier molecular flexibility index (Phi) is 5.46. The maximum Gasteiger partial charge on any atom is 0.416 e. The molecular formula is C18H16F3NO3. The summed E-state index contributed by atoms with van der Waals surface area (Å²) < 4.78 is 42.3. The van der Waals surface area contributed by atoms with Gasteiger partial charge in [0, 0.05) is 5.69 Å². The van der Waals surface area contributed by atoms with E-state index in [9.17, 15) is 22.8 Å². The molecule has 0 aliphatic heterocycles. The van der Waals surface area contributed by atoms with Gasteiger partial charge < -0.3 is 10.1 Å². The Morgan fingerprint density at radius 3 is 2.20 bits per heavy atom. The number of carbonyl (C=O) groups excluding carboxylic acids is 2. The molecule has 7 heteroatoms. The lowest BCUT2D eigenvalue weighted by Crippen LogP contribution is -2.21. The number of carbonyl (C=O) groups is 2. The Morgan fingerprint density at radius 1 is 1.00 bits per heavy atom. The average Bonchev–Trinajstić information content (AvgIpc) is 2.55. The minimum absolute atomic E-state index is 0.181. The predicted octanol–water partition coefficient (Wildman–Crippen LogP) is 4.12. The van der Waals surface area contributed by atoms with E-state index >= 15 is 0 Å². The molecule has 132 valence electrons. The van der Waals surface area contributed by atoms with Crippen LogP contribution >= 0.6 is 0 Å². The van der Waals surface area contributed by atoms with Crippen molar-refractivity contribution in [3.05, 3.63) is 64.7 Å². The number of benzene rings is 2. The normalized spacial score (nSPS) is 11.1. The number of halogens is 3. The van der Waals surface area contributed by atoms with Crippen molar-refractivity contribution in [2.24, 2.45) is 0 Å². The summed E-state index contributed by atoms with van der Waals surface area (Å²) in [5, 5.41) is 2.36. The first-order valence-electron chi connectivity index (χ1n) is 7.38. The summed E-state index contributed by atoms with van der Waals surface area (Å²) in [7, 11) is 0. The third kappa shape index (κ3) is 5.07. The van der Waals surface area contributed by atoms with E-state index in [1.165, 1.54) is 0 Å². The first kappa shape index (κ1) is 18.5. The van der Waals surface area contributed by atoms with E-state index < -0.39 is 30.2 Å². The third-order valence-corrected chi connectivity index (χ3v) is 3.57. The Morgan fingerprint density at radius 2 is 1.64 bits per heavy atom. The second kappa shape index (κ2) is 7.38. The van der Waals surface area contributed by atoms with Crippen molar-refractivity contribution in [2.75, 3.05) is 11.9 Å². The number of rotatable bonds is 4. The molecule has 4 nitrogen and oxygen atoms in total. The summed E-state index contributed by atoms with van der Waals surface area (Å²) in [6.07, 6.45) is -4.44. The van der Waals surface area contributed by atoms with Crippen LogP contribution in [-0.2, 0) is 15.7 Å². The van der Waals surface area contributed by atoms with Gasteiger partial charge in [-0.05, 0) is 61.4 Å². The maximum absolute atomic E-state index is 12.5. The quantitative estimate of drug-likeness (QED) is 0.843. The molecule has 0 aliphatic carbocycles. The molecule has 2 rings (SSSR count). The van der Waals surface area contributed by atoms with Crippen LogP contribution in [0, 0.1) is 13.8 Å². The fraction of sp³-hybridized carbons (Fsp3) is 0.222. The van der Waals surface area contributed by atoms with Crippen LogP contribution in [0.4, 0.5) is 18.9 Å². The minimum atomic E-state index is -4.44. The van der Waals surface area contributed by atoms with Gasteiger partial charge in [-0.2, -0.15) is 13.2 Å². The number of esters is 1. The van der Waals surface area contributed by atoms with Crippen molar-refractivity contribution in [3.8, 4) is 0 Å². The Balaban J connectivity index is 1.90. The van der Waals surface area contributed by atoms with Crippen LogP contribution in [0.5, 0.6) is 0 Å². The molecule has 0 atom stereocenters. The smallest absolute Gasteiger partial charge is 0.416 e. The lowest BCUT2D eigenvalue weighted by Gasteiger charge is -2.09. The molecule has 0 radical (unpaired) electrons. The van der Waals surface area contributed by atoms with Crippen molar-refractivity contribution in [3.63, 3.8) is 0 Å². The van der Waals surface area contributed by atoms with Crippen molar-refractivity contribution in [1.29, 1.82) is 0 Å². The molecule has 0 bridgehead atoms. The monoisotopic (exact) mass is 351 g/mol. The van der Waals surface area contributed by atoms with E-state index in [1.807, 2.05) is 13.8 Å². The SMILES string of the molecule is Cc1ccc(C(=O)OCC(=O)Nc2ccc(C(F)(F)F)cc2)cc1C. The highest BCUT2D eigenvalue weighted by Gasteiger charge is 2.30. The summed E-state index contributed by atoms with van der Waals surface area (Å²) in [5.41, 5.74) is 1.64. The summed E-state index contributed by atoms with van der Waals surface area (Å²) in [6, 6.07) is 9.00. The Bertz CT molecular complexity index is 783. The summed E-state index contributed by atoms with van der Waals surface area (Å²) in [6.45, 7) is 3.22. The molecule has 25 heavy (non-hydrogen) atoms. The Labute approximate surface area is 142 Å². The molecule has 2 aromatic rings. The van der Waals surface area contributed by atoms with E-state index in [2.05, 4.69) is 5.32 Å². The molecule has 0 spiro atoms. The minimum Gasteiger partial charge on any atom is -0.452 e. The zero-order valence-electron chi connectivity index (χ0n) is 13.6. The topological polar surface area (TPSA) is 55.4 Å². The number of ether oxygens (including phenoxy) is 1.